The summed E-state index contributed by atoms with van der Waals surface area (Å²) in [5.41, 5.74) is 5.91. The molecule has 4 N–H and O–H groups in total. The molecular weight excluding hydrogens is 248 g/mol. The molecule has 1 rings (SSSR count). The Morgan fingerprint density at radius 2 is 2.32 bits per heavy atom. The number of nitrogens with two attached hydrogens (primary N) is 1. The third-order valence-corrected chi connectivity index (χ3v) is 2.42. The summed E-state index contributed by atoms with van der Waals surface area (Å²) in [6, 6.07) is 6.66. The van der Waals surface area contributed by atoms with Crippen molar-refractivity contribution in [1.29, 1.82) is 0 Å². The number of amidine groups is 1. The van der Waals surface area contributed by atoms with Crippen LogP contribution in [0.5, 0.6) is 5.75 Å². The highest BCUT2D eigenvalue weighted by molar-refractivity contribution is 5.89. The third-order valence-electron chi connectivity index (χ3n) is 2.42. The number of oxime groups is 1. The van der Waals surface area contributed by atoms with Crippen LogP contribution in [0, 0.1) is 0 Å². The Balaban J connectivity index is 2.64. The van der Waals surface area contributed by atoms with Crippen molar-refractivity contribution < 1.29 is 14.7 Å². The standard InChI is InChI=1S/C12H18N4O3/c1-3-16(2)12(17)14-9-5-4-6-10(7-9)19-8-11(13)15-18/h4-7,18H,3,8H2,1-2H3,(H2,13,15)(H,14,17). The van der Waals surface area contributed by atoms with Crippen molar-refractivity contribution in [2.45, 2.75) is 6.92 Å². The second kappa shape index (κ2) is 7.10. The summed E-state index contributed by atoms with van der Waals surface area (Å²) < 4.78 is 5.29. The van der Waals surface area contributed by atoms with Gasteiger partial charge in [-0.15, -0.1) is 0 Å². The summed E-state index contributed by atoms with van der Waals surface area (Å²) in [6.45, 7) is 2.48. The summed E-state index contributed by atoms with van der Waals surface area (Å²) in [5.74, 6) is 0.490. The van der Waals surface area contributed by atoms with E-state index < -0.39 is 0 Å². The van der Waals surface area contributed by atoms with Crippen molar-refractivity contribution in [3.63, 3.8) is 0 Å². The maximum Gasteiger partial charge on any atom is 0.321 e. The van der Waals surface area contributed by atoms with Gasteiger partial charge in [0.2, 0.25) is 0 Å². The van der Waals surface area contributed by atoms with Crippen molar-refractivity contribution in [3.8, 4) is 5.75 Å². The average molecular weight is 266 g/mol. The predicted octanol–water partition coefficient (Wildman–Crippen LogP) is 1.30. The van der Waals surface area contributed by atoms with Crippen LogP contribution in [0.3, 0.4) is 0 Å². The molecule has 1 aromatic rings. The number of ether oxygens (including phenoxy) is 1. The monoisotopic (exact) mass is 266 g/mol. The zero-order valence-corrected chi connectivity index (χ0v) is 11.0. The minimum Gasteiger partial charge on any atom is -0.485 e. The van der Waals surface area contributed by atoms with Crippen LogP contribution in [0.1, 0.15) is 6.92 Å². The Morgan fingerprint density at radius 3 is 2.95 bits per heavy atom. The molecular formula is C12H18N4O3. The van der Waals surface area contributed by atoms with Gasteiger partial charge in [-0.1, -0.05) is 11.2 Å². The molecule has 0 aromatic heterocycles. The fraction of sp³-hybridized carbons (Fsp3) is 0.333. The van der Waals surface area contributed by atoms with Crippen molar-refractivity contribution >= 4 is 17.6 Å². The molecule has 104 valence electrons. The van der Waals surface area contributed by atoms with Gasteiger partial charge in [-0.05, 0) is 19.1 Å². The van der Waals surface area contributed by atoms with Gasteiger partial charge in [0.15, 0.2) is 5.84 Å². The zero-order valence-electron chi connectivity index (χ0n) is 11.0. The van der Waals surface area contributed by atoms with Gasteiger partial charge in [-0.25, -0.2) is 4.79 Å². The minimum atomic E-state index is -0.198. The zero-order chi connectivity index (χ0) is 14.3. The van der Waals surface area contributed by atoms with Crippen molar-refractivity contribution in [2.75, 3.05) is 25.5 Å². The van der Waals surface area contributed by atoms with Crippen LogP contribution in [-0.4, -0.2) is 42.2 Å². The van der Waals surface area contributed by atoms with Gasteiger partial charge >= 0.3 is 6.03 Å². The normalized spacial score (nSPS) is 10.9. The summed E-state index contributed by atoms with van der Waals surface area (Å²) in [4.78, 5) is 13.2. The molecule has 7 nitrogen and oxygen atoms in total. The fourth-order valence-corrected chi connectivity index (χ4v) is 1.21. The first-order valence-corrected chi connectivity index (χ1v) is 5.78. The average Bonchev–Trinajstić information content (AvgIpc) is 2.44. The highest BCUT2D eigenvalue weighted by atomic mass is 16.5. The molecule has 7 heteroatoms. The Labute approximate surface area is 111 Å². The number of rotatable bonds is 5. The van der Waals surface area contributed by atoms with E-state index in [4.69, 9.17) is 15.7 Å². The van der Waals surface area contributed by atoms with Crippen LogP contribution in [0.25, 0.3) is 0 Å². The number of benzene rings is 1. The summed E-state index contributed by atoms with van der Waals surface area (Å²) in [6.07, 6.45) is 0. The van der Waals surface area contributed by atoms with E-state index in [9.17, 15) is 4.79 Å². The van der Waals surface area contributed by atoms with E-state index in [1.165, 1.54) is 0 Å². The SMILES string of the molecule is CCN(C)C(=O)Nc1cccc(OCC(N)=NO)c1. The highest BCUT2D eigenvalue weighted by Gasteiger charge is 2.07. The lowest BCUT2D eigenvalue weighted by Crippen LogP contribution is -2.30. The Hall–Kier alpha value is -2.44. The quantitative estimate of drug-likeness (QED) is 0.323. The van der Waals surface area contributed by atoms with Crippen LogP contribution >= 0.6 is 0 Å². The fourth-order valence-electron chi connectivity index (χ4n) is 1.21. The Bertz CT molecular complexity index is 462. The summed E-state index contributed by atoms with van der Waals surface area (Å²) >= 11 is 0. The van der Waals surface area contributed by atoms with Crippen molar-refractivity contribution in [2.24, 2.45) is 10.9 Å². The molecule has 2 amide bonds. The number of urea groups is 1. The van der Waals surface area contributed by atoms with Crippen LogP contribution in [0.15, 0.2) is 29.4 Å². The van der Waals surface area contributed by atoms with Crippen molar-refractivity contribution in [1.82, 2.24) is 4.90 Å². The number of nitrogens with zero attached hydrogens (tertiary/aromatic N) is 2. The molecule has 0 saturated carbocycles. The van der Waals surface area contributed by atoms with Gasteiger partial charge < -0.3 is 25.9 Å². The second-order valence-corrected chi connectivity index (χ2v) is 3.85. The molecule has 0 spiro atoms. The van der Waals surface area contributed by atoms with Crippen LogP contribution in [0.2, 0.25) is 0 Å². The van der Waals surface area contributed by atoms with Gasteiger partial charge in [0, 0.05) is 25.3 Å². The van der Waals surface area contributed by atoms with Crippen LogP contribution < -0.4 is 15.8 Å². The highest BCUT2D eigenvalue weighted by Crippen LogP contribution is 2.17. The van der Waals surface area contributed by atoms with E-state index in [1.807, 2.05) is 6.92 Å². The molecule has 0 aliphatic carbocycles. The minimum absolute atomic E-state index is 0.0250. The molecule has 0 radical (unpaired) electrons. The van der Waals surface area contributed by atoms with Gasteiger partial charge in [-0.3, -0.25) is 0 Å². The number of carbonyl (C=O) groups excluding carboxylic acids is 1. The largest absolute Gasteiger partial charge is 0.485 e. The van der Waals surface area contributed by atoms with Crippen LogP contribution in [0.4, 0.5) is 10.5 Å². The van der Waals surface area contributed by atoms with E-state index in [2.05, 4.69) is 10.5 Å². The molecule has 0 bridgehead atoms. The number of hydrogen-bond acceptors (Lipinski definition) is 4. The van der Waals surface area contributed by atoms with E-state index in [1.54, 1.807) is 36.2 Å². The first kappa shape index (κ1) is 14.6. The molecule has 0 atom stereocenters. The Kier molecular flexibility index (Phi) is 5.46. The van der Waals surface area contributed by atoms with Gasteiger partial charge in [0.05, 0.1) is 0 Å². The molecule has 0 heterocycles. The molecule has 0 aliphatic rings. The Morgan fingerprint density at radius 1 is 1.58 bits per heavy atom. The molecule has 0 aliphatic heterocycles. The van der Waals surface area contributed by atoms with E-state index >= 15 is 0 Å². The van der Waals surface area contributed by atoms with E-state index in [-0.39, 0.29) is 18.5 Å². The smallest absolute Gasteiger partial charge is 0.321 e. The first-order valence-electron chi connectivity index (χ1n) is 5.78. The molecule has 19 heavy (non-hydrogen) atoms. The predicted molar refractivity (Wildman–Crippen MR) is 72.7 cm³/mol. The third kappa shape index (κ3) is 4.74. The first-order chi connectivity index (χ1) is 9.06. The van der Waals surface area contributed by atoms with Gasteiger partial charge in [0.1, 0.15) is 12.4 Å². The molecule has 0 saturated heterocycles. The maximum absolute atomic E-state index is 11.7. The topological polar surface area (TPSA) is 100 Å². The molecule has 0 unspecified atom stereocenters. The van der Waals surface area contributed by atoms with Gasteiger partial charge in [-0.2, -0.15) is 0 Å². The lowest BCUT2D eigenvalue weighted by Gasteiger charge is -2.15. The lowest BCUT2D eigenvalue weighted by molar-refractivity contribution is 0.224. The second-order valence-electron chi connectivity index (χ2n) is 3.85. The van der Waals surface area contributed by atoms with Crippen LogP contribution in [-0.2, 0) is 0 Å². The molecule has 1 aromatic carbocycles. The maximum atomic E-state index is 11.7. The van der Waals surface area contributed by atoms with Gasteiger partial charge in [0.25, 0.3) is 0 Å². The molecule has 0 fully saturated rings. The van der Waals surface area contributed by atoms with E-state index in [0.29, 0.717) is 18.0 Å². The van der Waals surface area contributed by atoms with Crippen molar-refractivity contribution in [3.05, 3.63) is 24.3 Å². The lowest BCUT2D eigenvalue weighted by atomic mass is 10.3. The number of carbonyl (C=O) groups is 1. The summed E-state index contributed by atoms with van der Waals surface area (Å²) in [7, 11) is 1.70. The summed E-state index contributed by atoms with van der Waals surface area (Å²) in [5, 5.41) is 13.9. The van der Waals surface area contributed by atoms with E-state index in [0.717, 1.165) is 0 Å². The number of anilines is 1. The number of amides is 2. The number of hydrogen-bond donors (Lipinski definition) is 3. The number of nitrogens with one attached hydrogen (secondary N) is 1.